The first-order valence-corrected chi connectivity index (χ1v) is 5.91. The number of hydrogen-bond acceptors (Lipinski definition) is 2. The quantitative estimate of drug-likeness (QED) is 0.875. The van der Waals surface area contributed by atoms with Gasteiger partial charge in [0.05, 0.1) is 5.69 Å². The number of nitrogens with zero attached hydrogens (tertiary/aromatic N) is 1. The maximum atomic E-state index is 13.3. The van der Waals surface area contributed by atoms with Crippen LogP contribution in [0.15, 0.2) is 47.3 Å². The van der Waals surface area contributed by atoms with Crippen LogP contribution >= 0.6 is 0 Å². The van der Waals surface area contributed by atoms with Crippen molar-refractivity contribution in [2.24, 2.45) is 0 Å². The first-order valence-electron chi connectivity index (χ1n) is 5.91. The Morgan fingerprint density at radius 2 is 1.95 bits per heavy atom. The van der Waals surface area contributed by atoms with Crippen LogP contribution in [0.1, 0.15) is 12.6 Å². The normalized spacial score (nSPS) is 11.4. The van der Waals surface area contributed by atoms with E-state index in [1.807, 2.05) is 0 Å². The van der Waals surface area contributed by atoms with Crippen LogP contribution in [-0.4, -0.2) is 15.9 Å². The van der Waals surface area contributed by atoms with Crippen LogP contribution in [0.2, 0.25) is 0 Å². The molecule has 0 aliphatic rings. The summed E-state index contributed by atoms with van der Waals surface area (Å²) in [6.07, 6.45) is -3.40. The van der Waals surface area contributed by atoms with Gasteiger partial charge in [-0.15, -0.1) is 0 Å². The molecule has 0 amide bonds. The Balaban J connectivity index is 2.25. The lowest BCUT2D eigenvalue weighted by molar-refractivity contribution is -0.141. The molecule has 0 fully saturated rings. The fourth-order valence-electron chi connectivity index (χ4n) is 1.65. The Kier molecular flexibility index (Phi) is 3.48. The molecule has 0 bridgehead atoms. The third-order valence-electron chi connectivity index (χ3n) is 2.75. The van der Waals surface area contributed by atoms with Gasteiger partial charge in [0.1, 0.15) is 5.75 Å². The van der Waals surface area contributed by atoms with Gasteiger partial charge in [-0.1, -0.05) is 6.58 Å². The lowest BCUT2D eigenvalue weighted by Crippen LogP contribution is -2.25. The number of nitrogens with one attached hydrogen (secondary N) is 1. The van der Waals surface area contributed by atoms with Crippen molar-refractivity contribution in [3.05, 3.63) is 58.5 Å². The number of benzene rings is 1. The van der Waals surface area contributed by atoms with Gasteiger partial charge in [-0.25, -0.2) is 0 Å². The van der Waals surface area contributed by atoms with Crippen molar-refractivity contribution in [2.45, 2.75) is 20.0 Å². The summed E-state index contributed by atoms with van der Waals surface area (Å²) < 4.78 is 32.8. The average Bonchev–Trinajstić information content (AvgIpc) is 2.69. The Hall–Kier alpha value is -2.37. The van der Waals surface area contributed by atoms with Crippen LogP contribution < -0.4 is 10.3 Å². The van der Waals surface area contributed by atoms with Crippen LogP contribution in [0.5, 0.6) is 5.75 Å². The molecule has 0 spiro atoms. The molecule has 0 saturated heterocycles. The second-order valence-corrected chi connectivity index (χ2v) is 4.49. The minimum atomic E-state index is -3.40. The second kappa shape index (κ2) is 4.96. The van der Waals surface area contributed by atoms with Crippen molar-refractivity contribution in [3.8, 4) is 11.4 Å². The highest BCUT2D eigenvalue weighted by molar-refractivity contribution is 5.38. The Bertz CT molecular complexity index is 684. The Morgan fingerprint density at radius 3 is 2.40 bits per heavy atom. The van der Waals surface area contributed by atoms with E-state index in [0.717, 1.165) is 5.69 Å². The van der Waals surface area contributed by atoms with E-state index in [-0.39, 0.29) is 16.9 Å². The zero-order valence-corrected chi connectivity index (χ0v) is 11.1. The standard InChI is InChI=1S/C14H14F2N2O2/c1-9(2)14(15,16)20-12-6-4-11(5-7-12)18-10(3)8-13(19)17-18/h4-8H,1H2,2-3H3,(H,17,19). The minimum absolute atomic E-state index is 0.0221. The molecular formula is C14H14F2N2O2. The van der Waals surface area contributed by atoms with E-state index in [9.17, 15) is 13.6 Å². The van der Waals surface area contributed by atoms with Crippen molar-refractivity contribution >= 4 is 0 Å². The topological polar surface area (TPSA) is 47.0 Å². The predicted octanol–water partition coefficient (Wildman–Crippen LogP) is 3.02. The van der Waals surface area contributed by atoms with Gasteiger partial charge in [-0.3, -0.25) is 14.6 Å². The van der Waals surface area contributed by atoms with Gasteiger partial charge < -0.3 is 4.74 Å². The molecule has 0 unspecified atom stereocenters. The van der Waals surface area contributed by atoms with E-state index in [2.05, 4.69) is 16.4 Å². The summed E-state index contributed by atoms with van der Waals surface area (Å²) in [7, 11) is 0. The van der Waals surface area contributed by atoms with E-state index in [1.54, 1.807) is 23.7 Å². The van der Waals surface area contributed by atoms with E-state index in [1.165, 1.54) is 25.1 Å². The summed E-state index contributed by atoms with van der Waals surface area (Å²) in [4.78, 5) is 11.2. The van der Waals surface area contributed by atoms with Crippen LogP contribution in [0, 0.1) is 6.92 Å². The third kappa shape index (κ3) is 2.79. The van der Waals surface area contributed by atoms with Crippen molar-refractivity contribution in [3.63, 3.8) is 0 Å². The van der Waals surface area contributed by atoms with Crippen LogP contribution in [-0.2, 0) is 0 Å². The SMILES string of the molecule is C=C(C)C(F)(F)Oc1ccc(-n2[nH]c(=O)cc2C)cc1. The van der Waals surface area contributed by atoms with Crippen LogP contribution in [0.3, 0.4) is 0 Å². The van der Waals surface area contributed by atoms with Gasteiger partial charge in [0, 0.05) is 17.3 Å². The van der Waals surface area contributed by atoms with Crippen LogP contribution in [0.4, 0.5) is 8.78 Å². The fraction of sp³-hybridized carbons (Fsp3) is 0.214. The van der Waals surface area contributed by atoms with Gasteiger partial charge in [0.25, 0.3) is 5.56 Å². The molecule has 106 valence electrons. The number of aromatic amines is 1. The molecule has 1 heterocycles. The van der Waals surface area contributed by atoms with Crippen LogP contribution in [0.25, 0.3) is 5.69 Å². The van der Waals surface area contributed by atoms with Gasteiger partial charge in [0.2, 0.25) is 0 Å². The maximum Gasteiger partial charge on any atom is 0.422 e. The number of alkyl halides is 2. The molecule has 6 heteroatoms. The summed E-state index contributed by atoms with van der Waals surface area (Å²) in [6, 6.07) is 7.41. The predicted molar refractivity (Wildman–Crippen MR) is 71.5 cm³/mol. The molecule has 4 nitrogen and oxygen atoms in total. The van der Waals surface area contributed by atoms with Gasteiger partial charge >= 0.3 is 6.11 Å². The summed E-state index contributed by atoms with van der Waals surface area (Å²) in [5, 5.41) is 2.60. The number of aryl methyl sites for hydroxylation is 1. The molecule has 1 N–H and O–H groups in total. The fourth-order valence-corrected chi connectivity index (χ4v) is 1.65. The summed E-state index contributed by atoms with van der Waals surface area (Å²) in [5.41, 5.74) is 0.773. The molecule has 2 aromatic rings. The smallest absolute Gasteiger partial charge is 0.422 e. The zero-order valence-electron chi connectivity index (χ0n) is 11.1. The van der Waals surface area contributed by atoms with Gasteiger partial charge in [-0.05, 0) is 38.1 Å². The van der Waals surface area contributed by atoms with E-state index in [0.29, 0.717) is 5.69 Å². The third-order valence-corrected chi connectivity index (χ3v) is 2.75. The van der Waals surface area contributed by atoms with Crippen molar-refractivity contribution in [1.82, 2.24) is 9.78 Å². The van der Waals surface area contributed by atoms with Gasteiger partial charge in [0.15, 0.2) is 0 Å². The molecule has 0 aliphatic heterocycles. The largest absolute Gasteiger partial charge is 0.429 e. The monoisotopic (exact) mass is 280 g/mol. The minimum Gasteiger partial charge on any atom is -0.429 e. The molecule has 1 aromatic carbocycles. The van der Waals surface area contributed by atoms with E-state index < -0.39 is 6.11 Å². The first kappa shape index (κ1) is 14.0. The summed E-state index contributed by atoms with van der Waals surface area (Å²) >= 11 is 0. The van der Waals surface area contributed by atoms with E-state index in [4.69, 9.17) is 0 Å². The highest BCUT2D eigenvalue weighted by atomic mass is 19.3. The summed E-state index contributed by atoms with van der Waals surface area (Å²) in [6.45, 7) is 6.14. The average molecular weight is 280 g/mol. The lowest BCUT2D eigenvalue weighted by atomic mass is 10.3. The molecule has 2 rings (SSSR count). The van der Waals surface area contributed by atoms with Crippen molar-refractivity contribution in [1.29, 1.82) is 0 Å². The molecule has 20 heavy (non-hydrogen) atoms. The zero-order chi connectivity index (χ0) is 14.9. The van der Waals surface area contributed by atoms with Crippen molar-refractivity contribution < 1.29 is 13.5 Å². The van der Waals surface area contributed by atoms with E-state index >= 15 is 0 Å². The number of rotatable bonds is 4. The van der Waals surface area contributed by atoms with Crippen molar-refractivity contribution in [2.75, 3.05) is 0 Å². The molecule has 0 radical (unpaired) electrons. The molecule has 1 aromatic heterocycles. The summed E-state index contributed by atoms with van der Waals surface area (Å²) in [5.74, 6) is 0.0221. The number of hydrogen-bond donors (Lipinski definition) is 1. The number of halogens is 2. The van der Waals surface area contributed by atoms with Gasteiger partial charge in [-0.2, -0.15) is 8.78 Å². The number of H-pyrrole nitrogens is 1. The highest BCUT2D eigenvalue weighted by Crippen LogP contribution is 2.27. The Morgan fingerprint density at radius 1 is 1.35 bits per heavy atom. The Labute approximate surface area is 114 Å². The maximum absolute atomic E-state index is 13.3. The number of aromatic nitrogens is 2. The first-order chi connectivity index (χ1) is 9.29. The molecular weight excluding hydrogens is 266 g/mol. The molecule has 0 saturated carbocycles. The highest BCUT2D eigenvalue weighted by Gasteiger charge is 2.32. The molecule has 0 aliphatic carbocycles. The molecule has 0 atom stereocenters. The lowest BCUT2D eigenvalue weighted by Gasteiger charge is -2.18. The number of ether oxygens (including phenoxy) is 1. The second-order valence-electron chi connectivity index (χ2n) is 4.49.